The van der Waals surface area contributed by atoms with Gasteiger partial charge in [-0.15, -0.1) is 0 Å². The van der Waals surface area contributed by atoms with Crippen molar-refractivity contribution in [2.75, 3.05) is 18.4 Å². The van der Waals surface area contributed by atoms with Crippen LogP contribution >= 0.6 is 0 Å². The highest BCUT2D eigenvalue weighted by Gasteiger charge is 2.17. The molecule has 0 aliphatic heterocycles. The average Bonchev–Trinajstić information content (AvgIpc) is 2.26. The van der Waals surface area contributed by atoms with Crippen LogP contribution in [0, 0.1) is 12.3 Å². The van der Waals surface area contributed by atoms with E-state index in [1.54, 1.807) is 0 Å². The van der Waals surface area contributed by atoms with Crippen LogP contribution in [-0.2, 0) is 0 Å². The fraction of sp³-hybridized carbons (Fsp3) is 0.667. The summed E-state index contributed by atoms with van der Waals surface area (Å²) in [6, 6.07) is 0. The van der Waals surface area contributed by atoms with Crippen LogP contribution in [0.2, 0.25) is 0 Å². The minimum absolute atomic E-state index is 0.230. The van der Waals surface area contributed by atoms with Gasteiger partial charge in [-0.1, -0.05) is 13.8 Å². The minimum Gasteiger partial charge on any atom is -0.354 e. The van der Waals surface area contributed by atoms with Gasteiger partial charge in [-0.3, -0.25) is 0 Å². The summed E-state index contributed by atoms with van der Waals surface area (Å²) in [4.78, 5) is 8.43. The molecule has 0 bridgehead atoms. The van der Waals surface area contributed by atoms with Crippen molar-refractivity contribution < 1.29 is 0 Å². The molecule has 0 unspecified atom stereocenters. The first-order valence-electron chi connectivity index (χ1n) is 5.76. The van der Waals surface area contributed by atoms with Crippen molar-refractivity contribution in [3.63, 3.8) is 0 Å². The van der Waals surface area contributed by atoms with Gasteiger partial charge < -0.3 is 11.1 Å². The number of rotatable bonds is 6. The second-order valence-corrected chi connectivity index (χ2v) is 4.99. The lowest BCUT2D eigenvalue weighted by Crippen LogP contribution is -2.24. The lowest BCUT2D eigenvalue weighted by atomic mass is 9.88. The van der Waals surface area contributed by atoms with E-state index < -0.39 is 0 Å². The van der Waals surface area contributed by atoms with Crippen LogP contribution in [0.1, 0.15) is 32.3 Å². The Morgan fingerprint density at radius 1 is 1.31 bits per heavy atom. The summed E-state index contributed by atoms with van der Waals surface area (Å²) in [5.74, 6) is 0.700. The first-order chi connectivity index (χ1) is 7.53. The Morgan fingerprint density at radius 2 is 1.94 bits per heavy atom. The first-order valence-corrected chi connectivity index (χ1v) is 5.76. The SMILES string of the molecule is Cc1cnc(NCC(C)(C)CCCN)nc1. The van der Waals surface area contributed by atoms with Gasteiger partial charge in [0.1, 0.15) is 0 Å². The molecule has 4 heteroatoms. The lowest BCUT2D eigenvalue weighted by Gasteiger charge is -2.24. The van der Waals surface area contributed by atoms with Gasteiger partial charge in [-0.05, 0) is 37.3 Å². The van der Waals surface area contributed by atoms with Crippen molar-refractivity contribution in [3.8, 4) is 0 Å². The van der Waals surface area contributed by atoms with E-state index in [9.17, 15) is 0 Å². The van der Waals surface area contributed by atoms with Gasteiger partial charge in [0, 0.05) is 18.9 Å². The van der Waals surface area contributed by atoms with Gasteiger partial charge in [0.05, 0.1) is 0 Å². The first kappa shape index (κ1) is 12.9. The summed E-state index contributed by atoms with van der Waals surface area (Å²) < 4.78 is 0. The quantitative estimate of drug-likeness (QED) is 0.772. The molecule has 0 amide bonds. The zero-order valence-corrected chi connectivity index (χ0v) is 10.5. The molecular formula is C12H22N4. The minimum atomic E-state index is 0.230. The summed E-state index contributed by atoms with van der Waals surface area (Å²) >= 11 is 0. The number of nitrogens with two attached hydrogens (primary N) is 1. The topological polar surface area (TPSA) is 63.8 Å². The summed E-state index contributed by atoms with van der Waals surface area (Å²) in [5.41, 5.74) is 6.82. The Labute approximate surface area is 97.7 Å². The van der Waals surface area contributed by atoms with Crippen molar-refractivity contribution in [1.82, 2.24) is 9.97 Å². The Hall–Kier alpha value is -1.16. The number of aryl methyl sites for hydroxylation is 1. The number of nitrogens with zero attached hydrogens (tertiary/aromatic N) is 2. The molecule has 0 aliphatic carbocycles. The van der Waals surface area contributed by atoms with Gasteiger partial charge in [0.15, 0.2) is 0 Å². The Kier molecular flexibility index (Phi) is 4.68. The molecule has 0 saturated carbocycles. The third-order valence-corrected chi connectivity index (χ3v) is 2.56. The molecule has 3 N–H and O–H groups in total. The summed E-state index contributed by atoms with van der Waals surface area (Å²) in [5, 5.41) is 3.26. The van der Waals surface area contributed by atoms with Crippen molar-refractivity contribution >= 4 is 5.95 Å². The molecule has 1 rings (SSSR count). The molecule has 0 spiro atoms. The average molecular weight is 222 g/mol. The maximum absolute atomic E-state index is 5.51. The van der Waals surface area contributed by atoms with E-state index in [0.29, 0.717) is 5.95 Å². The Balaban J connectivity index is 2.41. The molecule has 4 nitrogen and oxygen atoms in total. The van der Waals surface area contributed by atoms with Crippen LogP contribution in [0.25, 0.3) is 0 Å². The molecule has 90 valence electrons. The molecule has 16 heavy (non-hydrogen) atoms. The zero-order valence-electron chi connectivity index (χ0n) is 10.5. The van der Waals surface area contributed by atoms with Crippen molar-refractivity contribution in [2.24, 2.45) is 11.1 Å². The molecule has 1 aromatic rings. The van der Waals surface area contributed by atoms with Crippen LogP contribution in [0.4, 0.5) is 5.95 Å². The molecule has 0 radical (unpaired) electrons. The number of hydrogen-bond acceptors (Lipinski definition) is 4. The molecule has 1 heterocycles. The Bertz CT molecular complexity index is 305. The zero-order chi connectivity index (χ0) is 12.0. The maximum atomic E-state index is 5.51. The van der Waals surface area contributed by atoms with E-state index >= 15 is 0 Å². The van der Waals surface area contributed by atoms with E-state index in [4.69, 9.17) is 5.73 Å². The second-order valence-electron chi connectivity index (χ2n) is 4.99. The third kappa shape index (κ3) is 4.57. The van der Waals surface area contributed by atoms with Crippen molar-refractivity contribution in [3.05, 3.63) is 18.0 Å². The fourth-order valence-corrected chi connectivity index (χ4v) is 1.47. The summed E-state index contributed by atoms with van der Waals surface area (Å²) in [6.45, 7) is 8.06. The normalized spacial score (nSPS) is 11.5. The smallest absolute Gasteiger partial charge is 0.222 e. The largest absolute Gasteiger partial charge is 0.354 e. The van der Waals surface area contributed by atoms with Crippen LogP contribution in [0.15, 0.2) is 12.4 Å². The van der Waals surface area contributed by atoms with Gasteiger partial charge in [-0.2, -0.15) is 0 Å². The fourth-order valence-electron chi connectivity index (χ4n) is 1.47. The maximum Gasteiger partial charge on any atom is 0.222 e. The summed E-state index contributed by atoms with van der Waals surface area (Å²) in [6.07, 6.45) is 5.82. The van der Waals surface area contributed by atoms with Crippen LogP contribution in [0.5, 0.6) is 0 Å². The standard InChI is InChI=1S/C12H22N4/c1-10-7-14-11(15-8-10)16-9-12(2,3)5-4-6-13/h7-8H,4-6,9,13H2,1-3H3,(H,14,15,16). The highest BCUT2D eigenvalue weighted by molar-refractivity contribution is 5.24. The highest BCUT2D eigenvalue weighted by Crippen LogP contribution is 2.21. The number of anilines is 1. The predicted octanol–water partition coefficient (Wildman–Crippen LogP) is 1.96. The molecule has 0 atom stereocenters. The van der Waals surface area contributed by atoms with E-state index in [-0.39, 0.29) is 5.41 Å². The van der Waals surface area contributed by atoms with Gasteiger partial charge in [-0.25, -0.2) is 9.97 Å². The van der Waals surface area contributed by atoms with Crippen LogP contribution in [0.3, 0.4) is 0 Å². The Morgan fingerprint density at radius 3 is 2.50 bits per heavy atom. The van der Waals surface area contributed by atoms with E-state index in [0.717, 1.165) is 31.5 Å². The van der Waals surface area contributed by atoms with Crippen LogP contribution < -0.4 is 11.1 Å². The van der Waals surface area contributed by atoms with Gasteiger partial charge >= 0.3 is 0 Å². The van der Waals surface area contributed by atoms with E-state index in [2.05, 4.69) is 29.1 Å². The third-order valence-electron chi connectivity index (χ3n) is 2.56. The monoisotopic (exact) mass is 222 g/mol. The van der Waals surface area contributed by atoms with Crippen molar-refractivity contribution in [1.29, 1.82) is 0 Å². The molecule has 0 aliphatic rings. The number of nitrogens with one attached hydrogen (secondary N) is 1. The lowest BCUT2D eigenvalue weighted by molar-refractivity contribution is 0.349. The van der Waals surface area contributed by atoms with Crippen molar-refractivity contribution in [2.45, 2.75) is 33.6 Å². The molecule has 1 aromatic heterocycles. The highest BCUT2D eigenvalue weighted by atomic mass is 15.1. The molecule has 0 fully saturated rings. The second kappa shape index (κ2) is 5.80. The van der Waals surface area contributed by atoms with Gasteiger partial charge in [0.25, 0.3) is 0 Å². The van der Waals surface area contributed by atoms with Crippen LogP contribution in [-0.4, -0.2) is 23.1 Å². The molecule has 0 aromatic carbocycles. The van der Waals surface area contributed by atoms with E-state index in [1.165, 1.54) is 0 Å². The van der Waals surface area contributed by atoms with E-state index in [1.807, 2.05) is 19.3 Å². The number of hydrogen-bond donors (Lipinski definition) is 2. The predicted molar refractivity (Wildman–Crippen MR) is 67.3 cm³/mol. The number of aromatic nitrogens is 2. The molecular weight excluding hydrogens is 200 g/mol. The molecule has 0 saturated heterocycles. The summed E-state index contributed by atoms with van der Waals surface area (Å²) in [7, 11) is 0. The van der Waals surface area contributed by atoms with Gasteiger partial charge in [0.2, 0.25) is 5.95 Å².